The maximum atomic E-state index is 12.5. The first kappa shape index (κ1) is 62.3. The molecular weight excluding hydrogens is 791 g/mol. The van der Waals surface area contributed by atoms with Gasteiger partial charge in [0.15, 0.2) is 0 Å². The van der Waals surface area contributed by atoms with Crippen molar-refractivity contribution in [1.82, 2.24) is 5.32 Å². The van der Waals surface area contributed by atoms with Gasteiger partial charge in [-0.3, -0.25) is 9.59 Å². The standard InChI is InChI=1S/C58H111NO5/c1-3-5-7-9-11-13-15-17-23-28-32-36-40-44-48-52-58(63)64-53-49-45-41-37-33-29-25-22-20-19-21-24-27-31-35-39-43-47-51-57(62)59-55(54-60)56(61)50-46-42-38-34-30-26-18-16-14-12-10-8-6-4-2/h11,13,17,23,55-56,60-61H,3-10,12,14-16,18-22,24-54H2,1-2H3,(H,59,62)/b13-11-,23-17-. The SMILES string of the molecule is CCCCC/C=C\C/C=C\CCCCCCCC(=O)OCCCCCCCCCCCCCCCCCCCCC(=O)NC(CO)C(O)CCCCCCCCCCCCCCCC. The maximum absolute atomic E-state index is 12.5. The van der Waals surface area contributed by atoms with Gasteiger partial charge in [-0.1, -0.05) is 263 Å². The van der Waals surface area contributed by atoms with Crippen LogP contribution in [0.1, 0.15) is 309 Å². The highest BCUT2D eigenvalue weighted by Crippen LogP contribution is 2.17. The summed E-state index contributed by atoms with van der Waals surface area (Å²) in [5.41, 5.74) is 0. The molecule has 0 spiro atoms. The van der Waals surface area contributed by atoms with Crippen molar-refractivity contribution in [2.45, 2.75) is 321 Å². The number of carbonyl (C=O) groups is 2. The molecule has 6 nitrogen and oxygen atoms in total. The molecule has 0 saturated heterocycles. The molecule has 0 radical (unpaired) electrons. The first-order chi connectivity index (χ1) is 31.5. The minimum absolute atomic E-state index is 0.00649. The van der Waals surface area contributed by atoms with Crippen LogP contribution >= 0.6 is 0 Å². The summed E-state index contributed by atoms with van der Waals surface area (Å²) in [5, 5.41) is 23.2. The van der Waals surface area contributed by atoms with E-state index in [0.29, 0.717) is 25.9 Å². The lowest BCUT2D eigenvalue weighted by atomic mass is 10.0. The highest BCUT2D eigenvalue weighted by Gasteiger charge is 2.20. The second-order valence-corrected chi connectivity index (χ2v) is 19.6. The number of carbonyl (C=O) groups excluding carboxylic acids is 2. The zero-order chi connectivity index (χ0) is 46.5. The van der Waals surface area contributed by atoms with Gasteiger partial charge in [0.2, 0.25) is 5.91 Å². The second-order valence-electron chi connectivity index (χ2n) is 19.6. The summed E-state index contributed by atoms with van der Waals surface area (Å²) in [5.74, 6) is -0.0449. The van der Waals surface area contributed by atoms with Crippen molar-refractivity contribution in [2.24, 2.45) is 0 Å². The van der Waals surface area contributed by atoms with E-state index in [2.05, 4.69) is 43.5 Å². The van der Waals surface area contributed by atoms with Crippen molar-refractivity contribution in [3.8, 4) is 0 Å². The third kappa shape index (κ3) is 49.8. The fourth-order valence-electron chi connectivity index (χ4n) is 8.85. The Balaban J connectivity index is 3.41. The van der Waals surface area contributed by atoms with E-state index in [4.69, 9.17) is 4.74 Å². The number of unbranched alkanes of at least 4 members (excludes halogenated alkanes) is 38. The van der Waals surface area contributed by atoms with Crippen molar-refractivity contribution < 1.29 is 24.5 Å². The van der Waals surface area contributed by atoms with Crippen molar-refractivity contribution in [1.29, 1.82) is 0 Å². The van der Waals surface area contributed by atoms with E-state index in [0.717, 1.165) is 51.4 Å². The molecular formula is C58H111NO5. The monoisotopic (exact) mass is 902 g/mol. The number of esters is 1. The third-order valence-electron chi connectivity index (χ3n) is 13.3. The number of nitrogens with one attached hydrogen (secondary N) is 1. The molecule has 0 aromatic carbocycles. The summed E-state index contributed by atoms with van der Waals surface area (Å²) in [4.78, 5) is 24.5. The number of hydrogen-bond acceptors (Lipinski definition) is 5. The number of aliphatic hydroxyl groups is 2. The molecule has 1 amide bonds. The predicted molar refractivity (Wildman–Crippen MR) is 278 cm³/mol. The molecule has 0 fully saturated rings. The minimum atomic E-state index is -0.666. The summed E-state index contributed by atoms with van der Waals surface area (Å²) in [6.07, 6.45) is 64.4. The molecule has 0 saturated carbocycles. The summed E-state index contributed by atoms with van der Waals surface area (Å²) >= 11 is 0. The van der Waals surface area contributed by atoms with E-state index in [1.807, 2.05) is 0 Å². The van der Waals surface area contributed by atoms with Crippen molar-refractivity contribution >= 4 is 11.9 Å². The van der Waals surface area contributed by atoms with Gasteiger partial charge in [0, 0.05) is 12.8 Å². The lowest BCUT2D eigenvalue weighted by Crippen LogP contribution is -2.45. The lowest BCUT2D eigenvalue weighted by molar-refractivity contribution is -0.143. The van der Waals surface area contributed by atoms with E-state index in [1.54, 1.807) is 0 Å². The first-order valence-electron chi connectivity index (χ1n) is 28.6. The molecule has 0 rings (SSSR count). The molecule has 2 atom stereocenters. The summed E-state index contributed by atoms with van der Waals surface area (Å²) < 4.78 is 5.47. The number of hydrogen-bond donors (Lipinski definition) is 3. The molecule has 3 N–H and O–H groups in total. The van der Waals surface area contributed by atoms with Crippen LogP contribution in [0, 0.1) is 0 Å². The van der Waals surface area contributed by atoms with E-state index in [9.17, 15) is 19.8 Å². The van der Waals surface area contributed by atoms with Gasteiger partial charge >= 0.3 is 5.97 Å². The van der Waals surface area contributed by atoms with Gasteiger partial charge in [-0.15, -0.1) is 0 Å². The van der Waals surface area contributed by atoms with Crippen molar-refractivity contribution in [3.05, 3.63) is 24.3 Å². The van der Waals surface area contributed by atoms with Crippen molar-refractivity contribution in [3.63, 3.8) is 0 Å². The number of amides is 1. The molecule has 0 bridgehead atoms. The fourth-order valence-corrected chi connectivity index (χ4v) is 8.85. The fraction of sp³-hybridized carbons (Fsp3) is 0.897. The Labute approximate surface area is 399 Å². The van der Waals surface area contributed by atoms with E-state index >= 15 is 0 Å². The van der Waals surface area contributed by atoms with E-state index < -0.39 is 12.1 Å². The van der Waals surface area contributed by atoms with Crippen LogP contribution in [0.3, 0.4) is 0 Å². The minimum Gasteiger partial charge on any atom is -0.466 e. The molecule has 6 heteroatoms. The van der Waals surface area contributed by atoms with Crippen LogP contribution in [0.2, 0.25) is 0 Å². The zero-order valence-electron chi connectivity index (χ0n) is 43.0. The predicted octanol–water partition coefficient (Wildman–Crippen LogP) is 17.5. The second kappa shape index (κ2) is 54.0. The van der Waals surface area contributed by atoms with Gasteiger partial charge in [0.1, 0.15) is 0 Å². The van der Waals surface area contributed by atoms with Crippen LogP contribution in [0.4, 0.5) is 0 Å². The van der Waals surface area contributed by atoms with Gasteiger partial charge in [-0.05, 0) is 57.8 Å². The molecule has 0 aliphatic rings. The Bertz CT molecular complexity index is 997. The molecule has 0 aliphatic carbocycles. The zero-order valence-corrected chi connectivity index (χ0v) is 43.0. The molecule has 2 unspecified atom stereocenters. The topological polar surface area (TPSA) is 95.9 Å². The highest BCUT2D eigenvalue weighted by molar-refractivity contribution is 5.76. The molecule has 0 aromatic heterocycles. The quantitative estimate of drug-likeness (QED) is 0.0321. The third-order valence-corrected chi connectivity index (χ3v) is 13.3. The Kier molecular flexibility index (Phi) is 52.6. The van der Waals surface area contributed by atoms with Gasteiger partial charge < -0.3 is 20.3 Å². The van der Waals surface area contributed by atoms with Crippen LogP contribution in [0.15, 0.2) is 24.3 Å². The average molecular weight is 903 g/mol. The Morgan fingerprint density at radius 1 is 0.438 bits per heavy atom. The van der Waals surface area contributed by atoms with Crippen LogP contribution in [0.5, 0.6) is 0 Å². The number of ether oxygens (including phenoxy) is 1. The largest absolute Gasteiger partial charge is 0.466 e. The van der Waals surface area contributed by atoms with Crippen LogP contribution in [-0.2, 0) is 14.3 Å². The molecule has 0 aliphatic heterocycles. The number of allylic oxidation sites excluding steroid dienone is 4. The van der Waals surface area contributed by atoms with E-state index in [1.165, 1.54) is 225 Å². The Morgan fingerprint density at radius 3 is 1.22 bits per heavy atom. The normalized spacial score (nSPS) is 12.8. The van der Waals surface area contributed by atoms with Gasteiger partial charge in [-0.2, -0.15) is 0 Å². The van der Waals surface area contributed by atoms with E-state index in [-0.39, 0.29) is 18.5 Å². The van der Waals surface area contributed by atoms with Crippen LogP contribution in [-0.4, -0.2) is 47.4 Å². The average Bonchev–Trinajstić information content (AvgIpc) is 3.29. The summed E-state index contributed by atoms with van der Waals surface area (Å²) in [7, 11) is 0. The lowest BCUT2D eigenvalue weighted by Gasteiger charge is -2.22. The maximum Gasteiger partial charge on any atom is 0.305 e. The van der Waals surface area contributed by atoms with Crippen LogP contribution in [0.25, 0.3) is 0 Å². The Morgan fingerprint density at radius 2 is 0.781 bits per heavy atom. The summed E-state index contributed by atoms with van der Waals surface area (Å²) in [6, 6.07) is -0.544. The molecule has 378 valence electrons. The number of rotatable bonds is 53. The van der Waals surface area contributed by atoms with Crippen molar-refractivity contribution in [2.75, 3.05) is 13.2 Å². The van der Waals surface area contributed by atoms with Gasteiger partial charge in [0.05, 0.1) is 25.4 Å². The summed E-state index contributed by atoms with van der Waals surface area (Å²) in [6.45, 7) is 4.92. The molecule has 0 aromatic rings. The van der Waals surface area contributed by atoms with Gasteiger partial charge in [-0.25, -0.2) is 0 Å². The Hall–Kier alpha value is -1.66. The smallest absolute Gasteiger partial charge is 0.305 e. The molecule has 0 heterocycles. The first-order valence-corrected chi connectivity index (χ1v) is 28.6. The highest BCUT2D eigenvalue weighted by atomic mass is 16.5. The van der Waals surface area contributed by atoms with Crippen LogP contribution < -0.4 is 5.32 Å². The number of aliphatic hydroxyl groups excluding tert-OH is 2. The molecule has 64 heavy (non-hydrogen) atoms. The van der Waals surface area contributed by atoms with Gasteiger partial charge in [0.25, 0.3) is 0 Å².